The predicted molar refractivity (Wildman–Crippen MR) is 73.5 cm³/mol. The van der Waals surface area contributed by atoms with E-state index in [0.717, 1.165) is 36.9 Å². The molecule has 1 saturated heterocycles. The van der Waals surface area contributed by atoms with Crippen molar-refractivity contribution in [1.29, 1.82) is 0 Å². The van der Waals surface area contributed by atoms with Crippen LogP contribution in [-0.2, 0) is 9.53 Å². The number of aromatic nitrogens is 2. The van der Waals surface area contributed by atoms with Gasteiger partial charge in [-0.25, -0.2) is 4.98 Å². The number of hydrogen-bond acceptors (Lipinski definition) is 6. The molecule has 1 aliphatic heterocycles. The molecule has 1 aromatic rings. The fourth-order valence-corrected chi connectivity index (χ4v) is 3.23. The first kappa shape index (κ1) is 12.8. The second-order valence-corrected chi connectivity index (χ2v) is 5.95. The Bertz CT molecular complexity index is 450. The second-order valence-electron chi connectivity index (χ2n) is 5.22. The lowest BCUT2D eigenvalue weighted by Gasteiger charge is -2.30. The van der Waals surface area contributed by atoms with Crippen LogP contribution in [-0.4, -0.2) is 35.0 Å². The monoisotopic (exact) mass is 281 g/mol. The van der Waals surface area contributed by atoms with Crippen molar-refractivity contribution in [3.05, 3.63) is 5.82 Å². The van der Waals surface area contributed by atoms with Gasteiger partial charge in [0.25, 0.3) is 0 Å². The molecule has 0 aromatic carbocycles. The average molecular weight is 281 g/mol. The van der Waals surface area contributed by atoms with Crippen LogP contribution in [0.5, 0.6) is 0 Å². The van der Waals surface area contributed by atoms with Gasteiger partial charge in [-0.2, -0.15) is 4.37 Å². The first-order chi connectivity index (χ1) is 9.28. The fraction of sp³-hybridized carbons (Fsp3) is 0.769. The van der Waals surface area contributed by atoms with Crippen molar-refractivity contribution in [2.75, 3.05) is 24.6 Å². The van der Waals surface area contributed by atoms with Gasteiger partial charge in [0.1, 0.15) is 5.82 Å². The van der Waals surface area contributed by atoms with Crippen LogP contribution in [0.15, 0.2) is 0 Å². The molecular formula is C13H19N3O2S. The molecule has 6 heteroatoms. The van der Waals surface area contributed by atoms with Crippen LogP contribution in [0, 0.1) is 5.92 Å². The number of piperidine rings is 1. The van der Waals surface area contributed by atoms with E-state index < -0.39 is 0 Å². The molecule has 1 aromatic heterocycles. The van der Waals surface area contributed by atoms with Crippen molar-refractivity contribution in [1.82, 2.24) is 9.36 Å². The molecular weight excluding hydrogens is 262 g/mol. The maximum atomic E-state index is 11.7. The lowest BCUT2D eigenvalue weighted by molar-refractivity contribution is -0.148. The van der Waals surface area contributed by atoms with E-state index in [1.165, 1.54) is 24.4 Å². The summed E-state index contributed by atoms with van der Waals surface area (Å²) in [5.74, 6) is 1.65. The molecule has 0 spiro atoms. The Morgan fingerprint density at radius 3 is 2.74 bits per heavy atom. The van der Waals surface area contributed by atoms with E-state index in [0.29, 0.717) is 12.5 Å². The van der Waals surface area contributed by atoms with E-state index in [-0.39, 0.29) is 11.9 Å². The highest BCUT2D eigenvalue weighted by Gasteiger charge is 2.30. The molecule has 104 valence electrons. The lowest BCUT2D eigenvalue weighted by Crippen LogP contribution is -2.36. The number of carbonyl (C=O) groups is 1. The van der Waals surface area contributed by atoms with Crippen LogP contribution in [0.4, 0.5) is 5.13 Å². The first-order valence-corrected chi connectivity index (χ1v) is 7.80. The highest BCUT2D eigenvalue weighted by atomic mass is 32.1. The van der Waals surface area contributed by atoms with Crippen molar-refractivity contribution in [2.45, 2.75) is 38.5 Å². The van der Waals surface area contributed by atoms with Crippen molar-refractivity contribution in [3.8, 4) is 0 Å². The summed E-state index contributed by atoms with van der Waals surface area (Å²) in [5, 5.41) is 1.02. The molecule has 2 heterocycles. The number of esters is 1. The first-order valence-electron chi connectivity index (χ1n) is 7.03. The normalized spacial score (nSPS) is 20.6. The van der Waals surface area contributed by atoms with Crippen molar-refractivity contribution >= 4 is 22.6 Å². The Hall–Kier alpha value is -1.17. The quantitative estimate of drug-likeness (QED) is 0.792. The van der Waals surface area contributed by atoms with Gasteiger partial charge in [0.15, 0.2) is 0 Å². The zero-order valence-corrected chi connectivity index (χ0v) is 12.0. The standard InChI is InChI=1S/C13H19N3O2S/c1-2-18-12(17)10-5-7-16(8-6-10)13-14-11(15-19-13)9-3-4-9/h9-10H,2-8H2,1H3. The van der Waals surface area contributed by atoms with Crippen molar-refractivity contribution in [2.24, 2.45) is 5.92 Å². The Kier molecular flexibility index (Phi) is 3.68. The summed E-state index contributed by atoms with van der Waals surface area (Å²) in [4.78, 5) is 18.5. The number of rotatable bonds is 4. The third-order valence-corrected chi connectivity index (χ3v) is 4.55. The van der Waals surface area contributed by atoms with Gasteiger partial charge in [0.05, 0.1) is 12.5 Å². The smallest absolute Gasteiger partial charge is 0.309 e. The fourth-order valence-electron chi connectivity index (χ4n) is 2.43. The number of carbonyl (C=O) groups excluding carboxylic acids is 1. The molecule has 19 heavy (non-hydrogen) atoms. The molecule has 3 rings (SSSR count). The Morgan fingerprint density at radius 1 is 1.37 bits per heavy atom. The Labute approximate surface area is 117 Å². The van der Waals surface area contributed by atoms with Gasteiger partial charge in [-0.1, -0.05) is 0 Å². The number of hydrogen-bond donors (Lipinski definition) is 0. The summed E-state index contributed by atoms with van der Waals surface area (Å²) < 4.78 is 9.52. The van der Waals surface area contributed by atoms with Gasteiger partial charge in [0.2, 0.25) is 5.13 Å². The highest BCUT2D eigenvalue weighted by molar-refractivity contribution is 7.09. The maximum Gasteiger partial charge on any atom is 0.309 e. The maximum absolute atomic E-state index is 11.7. The molecule has 0 N–H and O–H groups in total. The minimum absolute atomic E-state index is 0.0434. The second kappa shape index (κ2) is 5.45. The summed E-state index contributed by atoms with van der Waals surface area (Å²) in [5.41, 5.74) is 0. The van der Waals surface area contributed by atoms with E-state index in [2.05, 4.69) is 14.3 Å². The van der Waals surface area contributed by atoms with Gasteiger partial charge in [0, 0.05) is 30.5 Å². The number of nitrogens with zero attached hydrogens (tertiary/aromatic N) is 3. The molecule has 5 nitrogen and oxygen atoms in total. The summed E-state index contributed by atoms with van der Waals surface area (Å²) in [7, 11) is 0. The van der Waals surface area contributed by atoms with Crippen LogP contribution in [0.3, 0.4) is 0 Å². The van der Waals surface area contributed by atoms with Crippen LogP contribution in [0.25, 0.3) is 0 Å². The summed E-state index contributed by atoms with van der Waals surface area (Å²) in [6.07, 6.45) is 4.19. The topological polar surface area (TPSA) is 55.3 Å². The van der Waals surface area contributed by atoms with Gasteiger partial charge >= 0.3 is 5.97 Å². The van der Waals surface area contributed by atoms with Crippen LogP contribution >= 0.6 is 11.5 Å². The predicted octanol–water partition coefficient (Wildman–Crippen LogP) is 2.20. The summed E-state index contributed by atoms with van der Waals surface area (Å²) in [6.45, 7) is 4.08. The molecule has 2 fully saturated rings. The minimum Gasteiger partial charge on any atom is -0.466 e. The van der Waals surface area contributed by atoms with E-state index in [4.69, 9.17) is 4.74 Å². The number of anilines is 1. The molecule has 0 amide bonds. The Morgan fingerprint density at radius 2 is 2.11 bits per heavy atom. The molecule has 0 unspecified atom stereocenters. The average Bonchev–Trinajstić information content (AvgIpc) is 3.17. The van der Waals surface area contributed by atoms with E-state index in [1.807, 2.05) is 6.92 Å². The van der Waals surface area contributed by atoms with Crippen LogP contribution in [0.1, 0.15) is 44.3 Å². The van der Waals surface area contributed by atoms with Gasteiger partial charge in [-0.05, 0) is 32.6 Å². The Balaban J connectivity index is 1.55. The molecule has 1 saturated carbocycles. The third kappa shape index (κ3) is 2.88. The van der Waals surface area contributed by atoms with Crippen LogP contribution < -0.4 is 4.90 Å². The summed E-state index contributed by atoms with van der Waals surface area (Å²) in [6, 6.07) is 0. The molecule has 1 aliphatic carbocycles. The zero-order chi connectivity index (χ0) is 13.2. The van der Waals surface area contributed by atoms with Gasteiger partial charge < -0.3 is 9.64 Å². The van der Waals surface area contributed by atoms with Crippen LogP contribution in [0.2, 0.25) is 0 Å². The van der Waals surface area contributed by atoms with E-state index in [9.17, 15) is 4.79 Å². The summed E-state index contributed by atoms with van der Waals surface area (Å²) >= 11 is 1.49. The molecule has 0 atom stereocenters. The molecule has 2 aliphatic rings. The van der Waals surface area contributed by atoms with Crippen molar-refractivity contribution < 1.29 is 9.53 Å². The third-order valence-electron chi connectivity index (χ3n) is 3.76. The SMILES string of the molecule is CCOC(=O)C1CCN(c2nc(C3CC3)ns2)CC1. The molecule has 0 radical (unpaired) electrons. The number of ether oxygens (including phenoxy) is 1. The lowest BCUT2D eigenvalue weighted by atomic mass is 9.97. The van der Waals surface area contributed by atoms with E-state index >= 15 is 0 Å². The highest BCUT2D eigenvalue weighted by Crippen LogP contribution is 2.40. The van der Waals surface area contributed by atoms with Gasteiger partial charge in [-0.3, -0.25) is 4.79 Å². The minimum atomic E-state index is -0.0434. The largest absolute Gasteiger partial charge is 0.466 e. The van der Waals surface area contributed by atoms with Crippen molar-refractivity contribution in [3.63, 3.8) is 0 Å². The molecule has 0 bridgehead atoms. The van der Waals surface area contributed by atoms with E-state index in [1.54, 1.807) is 0 Å². The van der Waals surface area contributed by atoms with Gasteiger partial charge in [-0.15, -0.1) is 0 Å². The zero-order valence-electron chi connectivity index (χ0n) is 11.2.